The van der Waals surface area contributed by atoms with Crippen molar-refractivity contribution >= 4 is 0 Å². The number of rotatable bonds is 2. The Morgan fingerprint density at radius 3 is 2.84 bits per heavy atom. The molecule has 1 aromatic carbocycles. The predicted molar refractivity (Wildman–Crippen MR) is 68.0 cm³/mol. The summed E-state index contributed by atoms with van der Waals surface area (Å²) in [7, 11) is 0. The molecule has 0 spiro atoms. The molecule has 1 aromatic heterocycles. The fourth-order valence-electron chi connectivity index (χ4n) is 2.03. The summed E-state index contributed by atoms with van der Waals surface area (Å²) in [5.41, 5.74) is 1.39. The van der Waals surface area contributed by atoms with Gasteiger partial charge in [0.25, 0.3) is 0 Å². The largest absolute Gasteiger partial charge is 0.485 e. The van der Waals surface area contributed by atoms with E-state index < -0.39 is 0 Å². The van der Waals surface area contributed by atoms with Gasteiger partial charge in [-0.1, -0.05) is 12.1 Å². The minimum Gasteiger partial charge on any atom is -0.485 e. The van der Waals surface area contributed by atoms with E-state index in [2.05, 4.69) is 9.97 Å². The van der Waals surface area contributed by atoms with Crippen LogP contribution in [0.15, 0.2) is 30.3 Å². The lowest BCUT2D eigenvalue weighted by molar-refractivity contribution is 0.0845. The fraction of sp³-hybridized carbons (Fsp3) is 0.286. The van der Waals surface area contributed by atoms with Gasteiger partial charge in [-0.05, 0) is 25.1 Å². The van der Waals surface area contributed by atoms with Gasteiger partial charge in [-0.3, -0.25) is 0 Å². The summed E-state index contributed by atoms with van der Waals surface area (Å²) in [6, 6.07) is 9.25. The molecule has 98 valence electrons. The van der Waals surface area contributed by atoms with Gasteiger partial charge in [0.1, 0.15) is 6.61 Å². The number of ether oxygens (including phenoxy) is 2. The normalized spacial score (nSPS) is 17.3. The Morgan fingerprint density at radius 1 is 1.26 bits per heavy atom. The molecule has 5 nitrogen and oxygen atoms in total. The van der Waals surface area contributed by atoms with E-state index in [9.17, 15) is 5.11 Å². The minimum absolute atomic E-state index is 0.111. The molecule has 0 aliphatic carbocycles. The van der Waals surface area contributed by atoms with Crippen molar-refractivity contribution in [1.29, 1.82) is 0 Å². The molecule has 1 aliphatic heterocycles. The third-order valence-corrected chi connectivity index (χ3v) is 2.88. The van der Waals surface area contributed by atoms with Crippen LogP contribution in [-0.4, -0.2) is 21.7 Å². The van der Waals surface area contributed by atoms with Crippen LogP contribution in [0.25, 0.3) is 0 Å². The van der Waals surface area contributed by atoms with E-state index in [0.717, 1.165) is 11.4 Å². The fourth-order valence-corrected chi connectivity index (χ4v) is 2.03. The maximum absolute atomic E-state index is 9.18. The highest BCUT2D eigenvalue weighted by molar-refractivity contribution is 5.41. The molecule has 2 heterocycles. The highest BCUT2D eigenvalue weighted by atomic mass is 16.6. The number of aliphatic hydroxyl groups excluding tert-OH is 1. The Labute approximate surface area is 110 Å². The van der Waals surface area contributed by atoms with Gasteiger partial charge in [-0.15, -0.1) is 0 Å². The monoisotopic (exact) mass is 258 g/mol. The molecule has 2 aromatic rings. The molecule has 1 unspecified atom stereocenters. The van der Waals surface area contributed by atoms with E-state index in [1.54, 1.807) is 6.07 Å². The lowest BCUT2D eigenvalue weighted by Gasteiger charge is -2.25. The van der Waals surface area contributed by atoms with E-state index >= 15 is 0 Å². The van der Waals surface area contributed by atoms with Gasteiger partial charge >= 0.3 is 0 Å². The first-order valence-electron chi connectivity index (χ1n) is 6.10. The molecule has 1 atom stereocenters. The molecule has 19 heavy (non-hydrogen) atoms. The van der Waals surface area contributed by atoms with Crippen LogP contribution >= 0.6 is 0 Å². The van der Waals surface area contributed by atoms with Crippen molar-refractivity contribution in [3.63, 3.8) is 0 Å². The van der Waals surface area contributed by atoms with Crippen LogP contribution in [0.2, 0.25) is 0 Å². The van der Waals surface area contributed by atoms with Crippen molar-refractivity contribution in [3.8, 4) is 11.5 Å². The molecular formula is C14H14N2O3. The second kappa shape index (κ2) is 4.85. The van der Waals surface area contributed by atoms with Crippen LogP contribution in [0.1, 0.15) is 23.3 Å². The number of aromatic nitrogens is 2. The summed E-state index contributed by atoms with van der Waals surface area (Å²) in [5, 5.41) is 9.18. The van der Waals surface area contributed by atoms with Crippen molar-refractivity contribution in [2.24, 2.45) is 0 Å². The van der Waals surface area contributed by atoms with Gasteiger partial charge in [0.05, 0.1) is 12.3 Å². The first-order valence-corrected chi connectivity index (χ1v) is 6.10. The van der Waals surface area contributed by atoms with E-state index in [0.29, 0.717) is 23.9 Å². The van der Waals surface area contributed by atoms with Crippen LogP contribution in [0.3, 0.4) is 0 Å². The molecule has 0 bridgehead atoms. The Bertz CT molecular complexity index is 601. The van der Waals surface area contributed by atoms with Gasteiger partial charge in [-0.25, -0.2) is 9.97 Å². The van der Waals surface area contributed by atoms with E-state index in [-0.39, 0.29) is 12.7 Å². The first-order chi connectivity index (χ1) is 9.26. The Balaban J connectivity index is 1.90. The predicted octanol–water partition coefficient (Wildman–Crippen LogP) is 1.79. The van der Waals surface area contributed by atoms with Gasteiger partial charge in [-0.2, -0.15) is 0 Å². The Kier molecular flexibility index (Phi) is 3.05. The van der Waals surface area contributed by atoms with Crippen LogP contribution in [0, 0.1) is 6.92 Å². The molecular weight excluding hydrogens is 244 g/mol. The number of hydrogen-bond acceptors (Lipinski definition) is 5. The highest BCUT2D eigenvalue weighted by Gasteiger charge is 2.25. The average molecular weight is 258 g/mol. The van der Waals surface area contributed by atoms with Crippen molar-refractivity contribution in [3.05, 3.63) is 47.5 Å². The number of nitrogens with zero attached hydrogens (tertiary/aromatic N) is 2. The number of para-hydroxylation sites is 2. The molecule has 5 heteroatoms. The number of aryl methyl sites for hydroxylation is 1. The number of hydrogen-bond donors (Lipinski definition) is 1. The lowest BCUT2D eigenvalue weighted by Crippen LogP contribution is -2.24. The van der Waals surface area contributed by atoms with E-state index in [1.807, 2.05) is 31.2 Å². The molecule has 3 rings (SSSR count). The minimum atomic E-state index is -0.347. The summed E-state index contributed by atoms with van der Waals surface area (Å²) in [4.78, 5) is 8.63. The van der Waals surface area contributed by atoms with Crippen LogP contribution in [0.5, 0.6) is 11.5 Å². The number of benzene rings is 1. The molecule has 0 radical (unpaired) electrons. The van der Waals surface area contributed by atoms with Gasteiger partial charge in [0.2, 0.25) is 0 Å². The van der Waals surface area contributed by atoms with Crippen molar-refractivity contribution in [2.75, 3.05) is 6.61 Å². The van der Waals surface area contributed by atoms with Crippen LogP contribution in [0.4, 0.5) is 0 Å². The maximum atomic E-state index is 9.18. The highest BCUT2D eigenvalue weighted by Crippen LogP contribution is 2.34. The van der Waals surface area contributed by atoms with Gasteiger partial charge in [0, 0.05) is 5.69 Å². The standard InChI is InChI=1S/C14H14N2O3/c1-9-6-10(7-17)16-14(15-9)13-8-18-11-4-2-3-5-12(11)19-13/h2-6,13,17H,7-8H2,1H3. The molecule has 1 aliphatic rings. The smallest absolute Gasteiger partial charge is 0.192 e. The second-order valence-electron chi connectivity index (χ2n) is 4.38. The summed E-state index contributed by atoms with van der Waals surface area (Å²) in [5.74, 6) is 1.96. The molecule has 1 N–H and O–H groups in total. The molecule has 0 fully saturated rings. The average Bonchev–Trinajstić information content (AvgIpc) is 2.46. The zero-order valence-electron chi connectivity index (χ0n) is 10.5. The lowest BCUT2D eigenvalue weighted by atomic mass is 10.2. The zero-order chi connectivity index (χ0) is 13.2. The Morgan fingerprint density at radius 2 is 2.05 bits per heavy atom. The SMILES string of the molecule is Cc1cc(CO)nc(C2COc3ccccc3O2)n1. The Hall–Kier alpha value is -2.14. The summed E-state index contributed by atoms with van der Waals surface area (Å²) < 4.78 is 11.5. The molecule has 0 saturated carbocycles. The van der Waals surface area contributed by atoms with Crippen LogP contribution < -0.4 is 9.47 Å². The molecule has 0 saturated heterocycles. The zero-order valence-corrected chi connectivity index (χ0v) is 10.5. The van der Waals surface area contributed by atoms with E-state index in [1.165, 1.54) is 0 Å². The van der Waals surface area contributed by atoms with Gasteiger partial charge in [0.15, 0.2) is 23.4 Å². The van der Waals surface area contributed by atoms with Crippen molar-refractivity contribution in [2.45, 2.75) is 19.6 Å². The quantitative estimate of drug-likeness (QED) is 0.889. The van der Waals surface area contributed by atoms with Crippen molar-refractivity contribution in [1.82, 2.24) is 9.97 Å². The summed E-state index contributed by atoms with van der Waals surface area (Å²) >= 11 is 0. The summed E-state index contributed by atoms with van der Waals surface area (Å²) in [6.07, 6.45) is -0.347. The van der Waals surface area contributed by atoms with Crippen molar-refractivity contribution < 1.29 is 14.6 Å². The number of aliphatic hydroxyl groups is 1. The van der Waals surface area contributed by atoms with E-state index in [4.69, 9.17) is 9.47 Å². The first kappa shape index (κ1) is 11.9. The maximum Gasteiger partial charge on any atom is 0.192 e. The third kappa shape index (κ3) is 2.37. The number of fused-ring (bicyclic) bond motifs is 1. The second-order valence-corrected chi connectivity index (χ2v) is 4.38. The third-order valence-electron chi connectivity index (χ3n) is 2.88. The molecule has 0 amide bonds. The van der Waals surface area contributed by atoms with Crippen LogP contribution in [-0.2, 0) is 6.61 Å². The topological polar surface area (TPSA) is 64.5 Å². The van der Waals surface area contributed by atoms with Gasteiger partial charge < -0.3 is 14.6 Å². The summed E-state index contributed by atoms with van der Waals surface area (Å²) in [6.45, 7) is 2.12.